The number of ketones is 1. The number of hydrogen-bond acceptors (Lipinski definition) is 3. The molecule has 0 unspecified atom stereocenters. The van der Waals surface area contributed by atoms with Gasteiger partial charge in [0.15, 0.2) is 0 Å². The van der Waals surface area contributed by atoms with Gasteiger partial charge in [0.2, 0.25) is 0 Å². The van der Waals surface area contributed by atoms with E-state index in [0.717, 1.165) is 25.7 Å². The predicted octanol–water partition coefficient (Wildman–Crippen LogP) is 5.33. The molecule has 0 bridgehead atoms. The van der Waals surface area contributed by atoms with Crippen LogP contribution in [0.25, 0.3) is 0 Å². The van der Waals surface area contributed by atoms with Gasteiger partial charge in [0, 0.05) is 18.3 Å². The maximum atomic E-state index is 12.6. The molecule has 0 aliphatic heterocycles. The van der Waals surface area contributed by atoms with Gasteiger partial charge in [-0.15, -0.1) is 0 Å². The Bertz CT molecular complexity index is 690. The third-order valence-electron chi connectivity index (χ3n) is 9.54. The normalized spacial score (nSPS) is 45.4. The molecule has 0 N–H and O–H groups in total. The van der Waals surface area contributed by atoms with E-state index >= 15 is 0 Å². The fraction of sp³-hybridized carbons (Fsp3) is 0.833. The minimum atomic E-state index is -0.290. The van der Waals surface area contributed by atoms with E-state index in [0.29, 0.717) is 35.9 Å². The summed E-state index contributed by atoms with van der Waals surface area (Å²) in [5, 5.41) is 0. The summed E-state index contributed by atoms with van der Waals surface area (Å²) in [4.78, 5) is 24.5. The topological polar surface area (TPSA) is 43.4 Å². The molecule has 0 radical (unpaired) electrons. The van der Waals surface area contributed by atoms with Crippen LogP contribution in [-0.4, -0.2) is 18.9 Å². The van der Waals surface area contributed by atoms with Gasteiger partial charge in [-0.05, 0) is 86.9 Å². The number of esters is 1. The third kappa shape index (κ3) is 2.59. The first kappa shape index (κ1) is 19.2. The Kier molecular flexibility index (Phi) is 4.40. The van der Waals surface area contributed by atoms with Crippen molar-refractivity contribution >= 4 is 11.8 Å². The second kappa shape index (κ2) is 6.19. The summed E-state index contributed by atoms with van der Waals surface area (Å²) >= 11 is 0. The van der Waals surface area contributed by atoms with Crippen molar-refractivity contribution in [1.29, 1.82) is 0 Å². The first-order valence-electron chi connectivity index (χ1n) is 11.0. The lowest BCUT2D eigenvalue weighted by atomic mass is 9.44. The van der Waals surface area contributed by atoms with E-state index < -0.39 is 0 Å². The molecule has 27 heavy (non-hydrogen) atoms. The van der Waals surface area contributed by atoms with Crippen LogP contribution < -0.4 is 0 Å². The lowest BCUT2D eigenvalue weighted by Crippen LogP contribution is -2.53. The van der Waals surface area contributed by atoms with Crippen molar-refractivity contribution < 1.29 is 14.3 Å². The number of rotatable bonds is 2. The first-order chi connectivity index (χ1) is 12.6. The van der Waals surface area contributed by atoms with Gasteiger partial charge < -0.3 is 4.74 Å². The van der Waals surface area contributed by atoms with Crippen molar-refractivity contribution in [3.05, 3.63) is 11.6 Å². The smallest absolute Gasteiger partial charge is 0.305 e. The van der Waals surface area contributed by atoms with Crippen molar-refractivity contribution in [2.24, 2.45) is 39.9 Å². The van der Waals surface area contributed by atoms with Crippen LogP contribution in [0.15, 0.2) is 11.6 Å². The highest BCUT2D eigenvalue weighted by Crippen LogP contribution is 2.68. The van der Waals surface area contributed by atoms with E-state index in [9.17, 15) is 9.59 Å². The average molecular weight is 373 g/mol. The molecule has 3 saturated carbocycles. The van der Waals surface area contributed by atoms with E-state index in [1.54, 1.807) is 0 Å². The number of carbonyl (C=O) groups excluding carboxylic acids is 2. The van der Waals surface area contributed by atoms with Gasteiger partial charge in [0.1, 0.15) is 5.78 Å². The van der Waals surface area contributed by atoms with Crippen LogP contribution in [0.3, 0.4) is 0 Å². The van der Waals surface area contributed by atoms with Gasteiger partial charge in [0.05, 0.1) is 7.11 Å². The highest BCUT2D eigenvalue weighted by atomic mass is 16.5. The molecule has 0 aromatic heterocycles. The number of fused-ring (bicyclic) bond motifs is 5. The Balaban J connectivity index is 1.64. The zero-order valence-electron chi connectivity index (χ0n) is 17.8. The summed E-state index contributed by atoms with van der Waals surface area (Å²) in [6.45, 7) is 9.19. The van der Waals surface area contributed by atoms with Gasteiger partial charge in [-0.2, -0.15) is 0 Å². The molecule has 0 amide bonds. The molecule has 3 fully saturated rings. The zero-order chi connectivity index (χ0) is 19.6. The number of ether oxygens (including phenoxy) is 1. The summed E-state index contributed by atoms with van der Waals surface area (Å²) in [6, 6.07) is 0. The van der Waals surface area contributed by atoms with E-state index in [2.05, 4.69) is 33.8 Å². The Hall–Kier alpha value is -1.12. The SMILES string of the molecule is COC(=O)C[C@H]1CC[C@H]2[C@@H]3CC=C4C(C)(C)C(=O)CC[C@]4(C)[C@H]3CC[C@]12C. The molecule has 4 aliphatic rings. The van der Waals surface area contributed by atoms with Crippen LogP contribution in [0.5, 0.6) is 0 Å². The van der Waals surface area contributed by atoms with Gasteiger partial charge in [-0.3, -0.25) is 9.59 Å². The largest absolute Gasteiger partial charge is 0.469 e. The van der Waals surface area contributed by atoms with Gasteiger partial charge in [-0.1, -0.05) is 25.5 Å². The van der Waals surface area contributed by atoms with E-state index in [-0.39, 0.29) is 22.2 Å². The Labute approximate surface area is 164 Å². The number of carbonyl (C=O) groups is 2. The molecule has 0 aromatic carbocycles. The number of methoxy groups -OCH3 is 1. The minimum Gasteiger partial charge on any atom is -0.469 e. The minimum absolute atomic E-state index is 0.0469. The molecule has 150 valence electrons. The van der Waals surface area contributed by atoms with Crippen LogP contribution in [-0.2, 0) is 14.3 Å². The summed E-state index contributed by atoms with van der Waals surface area (Å²) < 4.78 is 4.98. The van der Waals surface area contributed by atoms with Crippen molar-refractivity contribution in [3.8, 4) is 0 Å². The second-order valence-electron chi connectivity index (χ2n) is 10.8. The van der Waals surface area contributed by atoms with Crippen LogP contribution in [0.2, 0.25) is 0 Å². The molecule has 0 aromatic rings. The molecule has 0 spiro atoms. The maximum Gasteiger partial charge on any atom is 0.305 e. The number of Topliss-reactive ketones (excluding diaryl/α,β-unsaturated/α-hetero) is 1. The van der Waals surface area contributed by atoms with Crippen LogP contribution >= 0.6 is 0 Å². The number of hydrogen-bond donors (Lipinski definition) is 0. The Morgan fingerprint density at radius 3 is 2.56 bits per heavy atom. The van der Waals surface area contributed by atoms with Crippen LogP contribution in [0, 0.1) is 39.9 Å². The molecule has 4 aliphatic carbocycles. The zero-order valence-corrected chi connectivity index (χ0v) is 17.8. The van der Waals surface area contributed by atoms with Crippen LogP contribution in [0.4, 0.5) is 0 Å². The highest BCUT2D eigenvalue weighted by Gasteiger charge is 2.60. The van der Waals surface area contributed by atoms with Crippen molar-refractivity contribution in [2.45, 2.75) is 79.1 Å². The van der Waals surface area contributed by atoms with Crippen LogP contribution in [0.1, 0.15) is 79.1 Å². The molecule has 0 heterocycles. The molecule has 3 heteroatoms. The number of allylic oxidation sites excluding steroid dienone is 2. The summed E-state index contributed by atoms with van der Waals surface area (Å²) in [5.41, 5.74) is 1.60. The standard InChI is InChI=1S/C24H36O3/c1-22(2)19-9-7-16-17-8-6-15(14-21(26)27-5)23(17,3)12-10-18(16)24(19,4)13-11-20(22)25/h9,15-18H,6-8,10-14H2,1-5H3/t15-,16+,17+,18+,23-,24-/m1/s1. The lowest BCUT2D eigenvalue weighted by molar-refractivity contribution is -0.143. The fourth-order valence-corrected chi connectivity index (χ4v) is 7.95. The van der Waals surface area contributed by atoms with E-state index in [1.807, 2.05) is 0 Å². The predicted molar refractivity (Wildman–Crippen MR) is 106 cm³/mol. The molecule has 4 rings (SSSR count). The van der Waals surface area contributed by atoms with E-state index in [1.165, 1.54) is 31.9 Å². The fourth-order valence-electron chi connectivity index (χ4n) is 7.95. The third-order valence-corrected chi connectivity index (χ3v) is 9.54. The van der Waals surface area contributed by atoms with Gasteiger partial charge in [-0.25, -0.2) is 0 Å². The van der Waals surface area contributed by atoms with Crippen molar-refractivity contribution in [3.63, 3.8) is 0 Å². The molecular formula is C24H36O3. The molecule has 6 atom stereocenters. The van der Waals surface area contributed by atoms with E-state index in [4.69, 9.17) is 4.74 Å². The quantitative estimate of drug-likeness (QED) is 0.486. The van der Waals surface area contributed by atoms with Crippen molar-refractivity contribution in [2.75, 3.05) is 7.11 Å². The Morgan fingerprint density at radius 1 is 1.11 bits per heavy atom. The Morgan fingerprint density at radius 2 is 1.85 bits per heavy atom. The highest BCUT2D eigenvalue weighted by molar-refractivity contribution is 5.89. The summed E-state index contributed by atoms with van der Waals surface area (Å²) in [6.07, 6.45) is 10.8. The second-order valence-corrected chi connectivity index (χ2v) is 10.8. The summed E-state index contributed by atoms with van der Waals surface area (Å²) in [7, 11) is 1.51. The average Bonchev–Trinajstić information content (AvgIpc) is 2.95. The monoisotopic (exact) mass is 372 g/mol. The maximum absolute atomic E-state index is 12.6. The van der Waals surface area contributed by atoms with Gasteiger partial charge >= 0.3 is 5.97 Å². The van der Waals surface area contributed by atoms with Crippen molar-refractivity contribution in [1.82, 2.24) is 0 Å². The van der Waals surface area contributed by atoms with Gasteiger partial charge in [0.25, 0.3) is 0 Å². The molecule has 0 saturated heterocycles. The molecule has 3 nitrogen and oxygen atoms in total. The summed E-state index contributed by atoms with van der Waals surface area (Å²) in [5.74, 6) is 2.96. The molecular weight excluding hydrogens is 336 g/mol. The first-order valence-corrected chi connectivity index (χ1v) is 11.0. The lowest BCUT2D eigenvalue weighted by Gasteiger charge is -2.59.